The minimum Gasteiger partial charge on any atom is -0.369 e. The summed E-state index contributed by atoms with van der Waals surface area (Å²) in [5.41, 5.74) is 1.35. The summed E-state index contributed by atoms with van der Waals surface area (Å²) in [6, 6.07) is 12.7. The van der Waals surface area contributed by atoms with E-state index in [0.29, 0.717) is 5.95 Å². The van der Waals surface area contributed by atoms with Gasteiger partial charge in [0, 0.05) is 11.4 Å². The first kappa shape index (κ1) is 15.7. The van der Waals surface area contributed by atoms with Crippen LogP contribution < -0.4 is 5.32 Å². The summed E-state index contributed by atoms with van der Waals surface area (Å²) in [7, 11) is 0. The maximum atomic E-state index is 4.65. The molecule has 4 aromatic rings. The zero-order valence-electron chi connectivity index (χ0n) is 13.9. The SMILES string of the molecule is Cc1cc2c(NCCCc3ccccc3)nc(-n3ccnn3)nc2s1. The predicted molar refractivity (Wildman–Crippen MR) is 100 cm³/mol. The number of anilines is 1. The molecule has 0 aliphatic rings. The van der Waals surface area contributed by atoms with E-state index in [4.69, 9.17) is 0 Å². The summed E-state index contributed by atoms with van der Waals surface area (Å²) in [5, 5.41) is 12.4. The molecule has 4 rings (SSSR count). The van der Waals surface area contributed by atoms with Gasteiger partial charge in [-0.05, 0) is 31.4 Å². The maximum absolute atomic E-state index is 4.65. The minimum absolute atomic E-state index is 0.539. The summed E-state index contributed by atoms with van der Waals surface area (Å²) in [6.07, 6.45) is 5.46. The Bertz CT molecular complexity index is 962. The zero-order valence-corrected chi connectivity index (χ0v) is 14.7. The van der Waals surface area contributed by atoms with Crippen LogP contribution >= 0.6 is 11.3 Å². The van der Waals surface area contributed by atoms with Crippen LogP contribution in [0.4, 0.5) is 5.82 Å². The lowest BCUT2D eigenvalue weighted by Gasteiger charge is -2.08. The molecule has 7 heteroatoms. The van der Waals surface area contributed by atoms with Gasteiger partial charge in [0.15, 0.2) is 0 Å². The van der Waals surface area contributed by atoms with E-state index in [1.54, 1.807) is 28.4 Å². The summed E-state index contributed by atoms with van der Waals surface area (Å²) < 4.78 is 1.59. The Morgan fingerprint density at radius 1 is 1.16 bits per heavy atom. The molecule has 0 atom stereocenters. The average molecular weight is 350 g/mol. The molecule has 1 aromatic carbocycles. The molecule has 0 radical (unpaired) electrons. The molecule has 0 saturated heterocycles. The first-order chi connectivity index (χ1) is 12.3. The number of nitrogens with zero attached hydrogens (tertiary/aromatic N) is 5. The average Bonchev–Trinajstić information content (AvgIpc) is 3.28. The number of nitrogens with one attached hydrogen (secondary N) is 1. The minimum atomic E-state index is 0.539. The highest BCUT2D eigenvalue weighted by atomic mass is 32.1. The number of hydrogen-bond donors (Lipinski definition) is 1. The van der Waals surface area contributed by atoms with Crippen LogP contribution in [0.1, 0.15) is 16.9 Å². The van der Waals surface area contributed by atoms with Gasteiger partial charge in [-0.15, -0.1) is 16.4 Å². The molecule has 3 heterocycles. The van der Waals surface area contributed by atoms with Crippen molar-refractivity contribution in [3.05, 3.63) is 59.2 Å². The summed E-state index contributed by atoms with van der Waals surface area (Å²) in [6.45, 7) is 2.94. The molecule has 1 N–H and O–H groups in total. The Kier molecular flexibility index (Phi) is 4.39. The Labute approximate surface area is 149 Å². The summed E-state index contributed by atoms with van der Waals surface area (Å²) in [4.78, 5) is 11.4. The van der Waals surface area contributed by atoms with E-state index < -0.39 is 0 Å². The molecular formula is C18H18N6S. The lowest BCUT2D eigenvalue weighted by Crippen LogP contribution is -2.09. The third-order valence-corrected chi connectivity index (χ3v) is 4.85. The quantitative estimate of drug-likeness (QED) is 0.538. The molecule has 0 spiro atoms. The fourth-order valence-electron chi connectivity index (χ4n) is 2.73. The monoisotopic (exact) mass is 350 g/mol. The molecule has 0 saturated carbocycles. The number of aryl methyl sites for hydroxylation is 2. The molecule has 25 heavy (non-hydrogen) atoms. The molecule has 0 unspecified atom stereocenters. The van der Waals surface area contributed by atoms with Crippen LogP contribution in [0.3, 0.4) is 0 Å². The van der Waals surface area contributed by atoms with Crippen molar-refractivity contribution in [1.82, 2.24) is 25.0 Å². The van der Waals surface area contributed by atoms with E-state index >= 15 is 0 Å². The summed E-state index contributed by atoms with van der Waals surface area (Å²) >= 11 is 1.66. The lowest BCUT2D eigenvalue weighted by molar-refractivity contribution is 0.759. The first-order valence-corrected chi connectivity index (χ1v) is 9.04. The van der Waals surface area contributed by atoms with Crippen molar-refractivity contribution in [3.63, 3.8) is 0 Å². The van der Waals surface area contributed by atoms with Crippen molar-refractivity contribution in [1.29, 1.82) is 0 Å². The molecule has 0 fully saturated rings. The maximum Gasteiger partial charge on any atom is 0.255 e. The molecule has 0 aliphatic heterocycles. The number of fused-ring (bicyclic) bond motifs is 1. The Hall–Kier alpha value is -2.80. The van der Waals surface area contributed by atoms with Crippen molar-refractivity contribution in [3.8, 4) is 5.95 Å². The van der Waals surface area contributed by atoms with Crippen LogP contribution in [0, 0.1) is 6.92 Å². The van der Waals surface area contributed by atoms with Gasteiger partial charge < -0.3 is 5.32 Å². The molecule has 6 nitrogen and oxygen atoms in total. The Balaban J connectivity index is 1.53. The van der Waals surface area contributed by atoms with Crippen LogP contribution in [0.25, 0.3) is 16.2 Å². The van der Waals surface area contributed by atoms with Crippen LogP contribution in [-0.4, -0.2) is 31.5 Å². The summed E-state index contributed by atoms with van der Waals surface area (Å²) in [5.74, 6) is 1.39. The van der Waals surface area contributed by atoms with E-state index in [2.05, 4.69) is 62.9 Å². The van der Waals surface area contributed by atoms with E-state index in [1.165, 1.54) is 10.4 Å². The van der Waals surface area contributed by atoms with Crippen molar-refractivity contribution in [2.45, 2.75) is 19.8 Å². The van der Waals surface area contributed by atoms with E-state index in [1.807, 2.05) is 6.07 Å². The second-order valence-electron chi connectivity index (χ2n) is 5.81. The van der Waals surface area contributed by atoms with Gasteiger partial charge in [-0.3, -0.25) is 0 Å². The topological polar surface area (TPSA) is 68.5 Å². The van der Waals surface area contributed by atoms with Gasteiger partial charge in [0.25, 0.3) is 5.95 Å². The third kappa shape index (κ3) is 3.51. The van der Waals surface area contributed by atoms with E-state index in [9.17, 15) is 0 Å². The molecule has 0 bridgehead atoms. The van der Waals surface area contributed by atoms with Gasteiger partial charge in [-0.2, -0.15) is 14.6 Å². The number of rotatable bonds is 6. The normalized spacial score (nSPS) is 11.1. The van der Waals surface area contributed by atoms with Crippen molar-refractivity contribution in [2.24, 2.45) is 0 Å². The highest BCUT2D eigenvalue weighted by Crippen LogP contribution is 2.29. The van der Waals surface area contributed by atoms with Crippen LogP contribution in [-0.2, 0) is 6.42 Å². The van der Waals surface area contributed by atoms with Gasteiger partial charge >= 0.3 is 0 Å². The first-order valence-electron chi connectivity index (χ1n) is 8.22. The molecule has 3 aromatic heterocycles. The number of benzene rings is 1. The standard InChI is InChI=1S/C18H18N6S/c1-13-12-15-16(19-9-5-8-14-6-3-2-4-7-14)21-18(22-17(15)25-13)24-11-10-20-23-24/h2-4,6-7,10-12H,5,8-9H2,1H3,(H,19,21,22). The van der Waals surface area contributed by atoms with Crippen LogP contribution in [0.15, 0.2) is 48.8 Å². The number of thiophene rings is 1. The van der Waals surface area contributed by atoms with Gasteiger partial charge in [0.2, 0.25) is 0 Å². The second kappa shape index (κ2) is 6.98. The van der Waals surface area contributed by atoms with Crippen LogP contribution in [0.2, 0.25) is 0 Å². The molecule has 0 aliphatic carbocycles. The van der Waals surface area contributed by atoms with E-state index in [-0.39, 0.29) is 0 Å². The van der Waals surface area contributed by atoms with E-state index in [0.717, 1.165) is 35.4 Å². The highest BCUT2D eigenvalue weighted by molar-refractivity contribution is 7.18. The van der Waals surface area contributed by atoms with Gasteiger partial charge in [0.1, 0.15) is 10.6 Å². The predicted octanol–water partition coefficient (Wildman–Crippen LogP) is 3.63. The molecule has 0 amide bonds. The Morgan fingerprint density at radius 3 is 2.84 bits per heavy atom. The number of aromatic nitrogens is 5. The zero-order chi connectivity index (χ0) is 17.1. The fourth-order valence-corrected chi connectivity index (χ4v) is 3.60. The smallest absolute Gasteiger partial charge is 0.255 e. The van der Waals surface area contributed by atoms with Gasteiger partial charge in [0.05, 0.1) is 17.8 Å². The van der Waals surface area contributed by atoms with Crippen LogP contribution in [0.5, 0.6) is 0 Å². The fraction of sp³-hybridized carbons (Fsp3) is 0.222. The number of hydrogen-bond acceptors (Lipinski definition) is 6. The van der Waals surface area contributed by atoms with Crippen molar-refractivity contribution in [2.75, 3.05) is 11.9 Å². The molecule has 126 valence electrons. The largest absolute Gasteiger partial charge is 0.369 e. The van der Waals surface area contributed by atoms with Crippen molar-refractivity contribution < 1.29 is 0 Å². The molecular weight excluding hydrogens is 332 g/mol. The third-order valence-electron chi connectivity index (χ3n) is 3.91. The van der Waals surface area contributed by atoms with Gasteiger partial charge in [-0.25, -0.2) is 0 Å². The van der Waals surface area contributed by atoms with Crippen molar-refractivity contribution >= 4 is 27.4 Å². The lowest BCUT2D eigenvalue weighted by atomic mass is 10.1. The Morgan fingerprint density at radius 2 is 2.04 bits per heavy atom. The van der Waals surface area contributed by atoms with Gasteiger partial charge in [-0.1, -0.05) is 35.5 Å². The second-order valence-corrected chi connectivity index (χ2v) is 7.05. The highest BCUT2D eigenvalue weighted by Gasteiger charge is 2.12.